The summed E-state index contributed by atoms with van der Waals surface area (Å²) in [4.78, 5) is 25.3. The molecule has 34 heavy (non-hydrogen) atoms. The highest BCUT2D eigenvalue weighted by Gasteiger charge is 2.23. The molecule has 2 heterocycles. The van der Waals surface area contributed by atoms with Gasteiger partial charge < -0.3 is 5.32 Å². The third kappa shape index (κ3) is 4.63. The fourth-order valence-electron chi connectivity index (χ4n) is 3.42. The quantitative estimate of drug-likeness (QED) is 0.439. The lowest BCUT2D eigenvalue weighted by molar-refractivity contribution is 0.102. The molecule has 4 aromatic rings. The fraction of sp³-hybridized carbons (Fsp3) is 0.208. The minimum Gasteiger partial charge on any atom is -0.322 e. The zero-order valence-corrected chi connectivity index (χ0v) is 19.9. The van der Waals surface area contributed by atoms with Crippen molar-refractivity contribution in [3.8, 4) is 0 Å². The molecule has 0 unspecified atom stereocenters. The Morgan fingerprint density at radius 2 is 1.79 bits per heavy atom. The highest BCUT2D eigenvalue weighted by atomic mass is 32.2. The van der Waals surface area contributed by atoms with E-state index in [1.165, 1.54) is 44.7 Å². The van der Waals surface area contributed by atoms with Crippen molar-refractivity contribution in [1.29, 1.82) is 0 Å². The molecule has 0 aliphatic rings. The Bertz CT molecular complexity index is 1500. The Kier molecular flexibility index (Phi) is 6.36. The van der Waals surface area contributed by atoms with Crippen molar-refractivity contribution in [2.24, 2.45) is 0 Å². The van der Waals surface area contributed by atoms with Gasteiger partial charge in [0.15, 0.2) is 5.65 Å². The highest BCUT2D eigenvalue weighted by Crippen LogP contribution is 2.18. The minimum atomic E-state index is -3.62. The van der Waals surface area contributed by atoms with Gasteiger partial charge in [0, 0.05) is 30.5 Å². The van der Waals surface area contributed by atoms with Crippen LogP contribution in [-0.4, -0.2) is 45.9 Å². The summed E-state index contributed by atoms with van der Waals surface area (Å²) in [6.07, 6.45) is 1.66. The molecule has 2 aromatic heterocycles. The van der Waals surface area contributed by atoms with Gasteiger partial charge in [0.25, 0.3) is 5.91 Å². The fourth-order valence-corrected chi connectivity index (χ4v) is 4.78. The summed E-state index contributed by atoms with van der Waals surface area (Å²) in [5, 5.41) is 7.14. The number of benzene rings is 2. The third-order valence-corrected chi connectivity index (χ3v) is 7.57. The second-order valence-corrected chi connectivity index (χ2v) is 10.2. The molecule has 10 heteroatoms. The second-order valence-electron chi connectivity index (χ2n) is 8.16. The Morgan fingerprint density at radius 1 is 1.06 bits per heavy atom. The van der Waals surface area contributed by atoms with Crippen molar-refractivity contribution >= 4 is 27.3 Å². The van der Waals surface area contributed by atoms with Gasteiger partial charge in [-0.25, -0.2) is 17.9 Å². The monoisotopic (exact) mass is 479 g/mol. The SMILES string of the molecule is CC(C)N(C)S(=O)(=O)c1ccc(C(=O)Nc2cccc(Cn3nc4ccccn4c3=O)c2)cc1. The van der Waals surface area contributed by atoms with Crippen LogP contribution in [0.2, 0.25) is 0 Å². The molecule has 0 aliphatic carbocycles. The highest BCUT2D eigenvalue weighted by molar-refractivity contribution is 7.89. The van der Waals surface area contributed by atoms with Crippen molar-refractivity contribution in [3.63, 3.8) is 0 Å². The van der Waals surface area contributed by atoms with Crippen LogP contribution < -0.4 is 11.0 Å². The maximum atomic E-state index is 12.7. The molecule has 1 amide bonds. The summed E-state index contributed by atoms with van der Waals surface area (Å²) in [6.45, 7) is 3.83. The van der Waals surface area contributed by atoms with Crippen molar-refractivity contribution in [1.82, 2.24) is 18.5 Å². The van der Waals surface area contributed by atoms with E-state index in [2.05, 4.69) is 10.4 Å². The summed E-state index contributed by atoms with van der Waals surface area (Å²) in [5.74, 6) is -0.372. The average Bonchev–Trinajstić information content (AvgIpc) is 3.14. The Morgan fingerprint density at radius 3 is 2.47 bits per heavy atom. The molecule has 9 nitrogen and oxygen atoms in total. The van der Waals surface area contributed by atoms with E-state index in [9.17, 15) is 18.0 Å². The number of fused-ring (bicyclic) bond motifs is 1. The lowest BCUT2D eigenvalue weighted by atomic mass is 10.1. The van der Waals surface area contributed by atoms with Gasteiger partial charge in [0.1, 0.15) is 0 Å². The van der Waals surface area contributed by atoms with Gasteiger partial charge >= 0.3 is 5.69 Å². The molecular weight excluding hydrogens is 454 g/mol. The van der Waals surface area contributed by atoms with Gasteiger partial charge in [-0.1, -0.05) is 18.2 Å². The number of carbonyl (C=O) groups excluding carboxylic acids is 1. The first-order valence-corrected chi connectivity index (χ1v) is 12.1. The van der Waals surface area contributed by atoms with E-state index in [0.29, 0.717) is 16.9 Å². The first-order chi connectivity index (χ1) is 16.2. The zero-order chi connectivity index (χ0) is 24.5. The standard InChI is InChI=1S/C24H25N5O4S/c1-17(2)27(3)34(32,33)21-12-10-19(11-13-21)23(30)25-20-8-6-7-18(15-20)16-29-24(31)28-14-5-4-9-22(28)26-29/h4-15,17H,16H2,1-3H3,(H,25,30). The lowest BCUT2D eigenvalue weighted by Gasteiger charge is -2.21. The molecule has 0 spiro atoms. The maximum Gasteiger partial charge on any atom is 0.350 e. The largest absolute Gasteiger partial charge is 0.350 e. The van der Waals surface area contributed by atoms with E-state index in [1.807, 2.05) is 12.1 Å². The molecular formula is C24H25N5O4S. The van der Waals surface area contributed by atoms with E-state index in [4.69, 9.17) is 0 Å². The topological polar surface area (TPSA) is 106 Å². The summed E-state index contributed by atoms with van der Waals surface area (Å²) < 4.78 is 29.3. The van der Waals surface area contributed by atoms with Gasteiger partial charge in [0.05, 0.1) is 11.4 Å². The first kappa shape index (κ1) is 23.4. The van der Waals surface area contributed by atoms with Gasteiger partial charge in [-0.05, 0) is 67.9 Å². The van der Waals surface area contributed by atoms with Crippen molar-refractivity contribution in [2.45, 2.75) is 31.3 Å². The summed E-state index contributed by atoms with van der Waals surface area (Å²) in [7, 11) is -2.10. The number of nitrogens with one attached hydrogen (secondary N) is 1. The Balaban J connectivity index is 1.49. The van der Waals surface area contributed by atoms with Crippen LogP contribution >= 0.6 is 0 Å². The van der Waals surface area contributed by atoms with E-state index < -0.39 is 10.0 Å². The van der Waals surface area contributed by atoms with E-state index in [1.54, 1.807) is 50.4 Å². The van der Waals surface area contributed by atoms with Crippen LogP contribution in [-0.2, 0) is 16.6 Å². The van der Waals surface area contributed by atoms with Crippen LogP contribution in [0.1, 0.15) is 29.8 Å². The van der Waals surface area contributed by atoms with E-state index >= 15 is 0 Å². The summed E-state index contributed by atoms with van der Waals surface area (Å²) in [6, 6.07) is 18.1. The predicted octanol–water partition coefficient (Wildman–Crippen LogP) is 2.83. The van der Waals surface area contributed by atoms with Gasteiger partial charge in [-0.2, -0.15) is 4.31 Å². The molecule has 0 saturated heterocycles. The molecule has 0 bridgehead atoms. The number of hydrogen-bond acceptors (Lipinski definition) is 5. The summed E-state index contributed by atoms with van der Waals surface area (Å²) >= 11 is 0. The van der Waals surface area contributed by atoms with E-state index in [0.717, 1.165) is 5.56 Å². The van der Waals surface area contributed by atoms with Crippen LogP contribution in [0.15, 0.2) is 82.6 Å². The van der Waals surface area contributed by atoms with Crippen LogP contribution in [0.25, 0.3) is 5.65 Å². The number of rotatable bonds is 7. The number of carbonyl (C=O) groups is 1. The van der Waals surface area contributed by atoms with Crippen molar-refractivity contribution < 1.29 is 13.2 Å². The number of amides is 1. The molecule has 2 aromatic carbocycles. The minimum absolute atomic E-state index is 0.125. The van der Waals surface area contributed by atoms with Crippen molar-refractivity contribution in [3.05, 3.63) is 94.5 Å². The normalized spacial score (nSPS) is 11.9. The summed E-state index contributed by atoms with van der Waals surface area (Å²) in [5.41, 5.74) is 1.98. The number of sulfonamides is 1. The zero-order valence-electron chi connectivity index (χ0n) is 19.0. The number of aromatic nitrogens is 3. The Hall–Kier alpha value is -3.76. The lowest BCUT2D eigenvalue weighted by Crippen LogP contribution is -2.33. The number of nitrogens with zero attached hydrogens (tertiary/aromatic N) is 4. The third-order valence-electron chi connectivity index (χ3n) is 5.53. The van der Waals surface area contributed by atoms with Gasteiger partial charge in [0.2, 0.25) is 10.0 Å². The molecule has 0 aliphatic heterocycles. The molecule has 0 saturated carbocycles. The molecule has 1 N–H and O–H groups in total. The number of pyridine rings is 1. The van der Waals surface area contributed by atoms with Crippen LogP contribution in [0, 0.1) is 0 Å². The molecule has 0 radical (unpaired) electrons. The Labute approximate surface area is 197 Å². The number of hydrogen-bond donors (Lipinski definition) is 1. The molecule has 176 valence electrons. The van der Waals surface area contributed by atoms with E-state index in [-0.39, 0.29) is 29.1 Å². The molecule has 4 rings (SSSR count). The van der Waals surface area contributed by atoms with Crippen LogP contribution in [0.5, 0.6) is 0 Å². The number of anilines is 1. The van der Waals surface area contributed by atoms with Crippen LogP contribution in [0.3, 0.4) is 0 Å². The van der Waals surface area contributed by atoms with Crippen molar-refractivity contribution in [2.75, 3.05) is 12.4 Å². The van der Waals surface area contributed by atoms with Gasteiger partial charge in [-0.3, -0.25) is 9.20 Å². The predicted molar refractivity (Wildman–Crippen MR) is 129 cm³/mol. The molecule has 0 atom stereocenters. The average molecular weight is 480 g/mol. The maximum absolute atomic E-state index is 12.7. The first-order valence-electron chi connectivity index (χ1n) is 10.7. The molecule has 0 fully saturated rings. The second kappa shape index (κ2) is 9.24. The van der Waals surface area contributed by atoms with Gasteiger partial charge in [-0.15, -0.1) is 5.10 Å². The van der Waals surface area contributed by atoms with Crippen LogP contribution in [0.4, 0.5) is 5.69 Å². The smallest absolute Gasteiger partial charge is 0.322 e.